The largest absolute Gasteiger partial charge is 0.487 e. The summed E-state index contributed by atoms with van der Waals surface area (Å²) >= 11 is 0. The van der Waals surface area contributed by atoms with Crippen molar-refractivity contribution in [3.63, 3.8) is 0 Å². The van der Waals surface area contributed by atoms with Gasteiger partial charge in [0.1, 0.15) is 18.4 Å². The first-order valence-corrected chi connectivity index (χ1v) is 8.54. The van der Waals surface area contributed by atoms with Crippen LogP contribution in [0.3, 0.4) is 0 Å². The predicted octanol–water partition coefficient (Wildman–Crippen LogP) is 3.23. The maximum Gasteiger partial charge on any atom is 0.131 e. The van der Waals surface area contributed by atoms with E-state index < -0.39 is 0 Å². The standard InChI is InChI=1S/C21H21N3O2/c1-16-20(13-22)21(24(23-16)14-18-5-3-2-4-6-18)15-26-19-9-7-17(8-10-19)11-12-25/h2-10,25H,11-12,14-15H2,1H3. The Morgan fingerprint density at radius 3 is 2.46 bits per heavy atom. The maximum absolute atomic E-state index is 9.49. The van der Waals surface area contributed by atoms with Gasteiger partial charge < -0.3 is 9.84 Å². The van der Waals surface area contributed by atoms with Gasteiger partial charge in [-0.2, -0.15) is 10.4 Å². The second kappa shape index (κ2) is 8.32. The van der Waals surface area contributed by atoms with Gasteiger partial charge in [0.2, 0.25) is 0 Å². The molecule has 3 aromatic rings. The quantitative estimate of drug-likeness (QED) is 0.712. The fraction of sp³-hybridized carbons (Fsp3) is 0.238. The number of aryl methyl sites for hydroxylation is 1. The van der Waals surface area contributed by atoms with E-state index in [0.717, 1.165) is 22.6 Å². The maximum atomic E-state index is 9.49. The van der Waals surface area contributed by atoms with Gasteiger partial charge in [-0.05, 0) is 36.6 Å². The summed E-state index contributed by atoms with van der Waals surface area (Å²) in [6, 6.07) is 19.9. The molecule has 5 nitrogen and oxygen atoms in total. The molecular formula is C21H21N3O2. The lowest BCUT2D eigenvalue weighted by Gasteiger charge is -2.10. The van der Waals surface area contributed by atoms with E-state index in [1.807, 2.05) is 66.2 Å². The van der Waals surface area contributed by atoms with Crippen molar-refractivity contribution in [2.45, 2.75) is 26.5 Å². The topological polar surface area (TPSA) is 71.1 Å². The molecular weight excluding hydrogens is 326 g/mol. The lowest BCUT2D eigenvalue weighted by atomic mass is 10.1. The molecule has 0 bridgehead atoms. The molecule has 1 heterocycles. The molecule has 5 heteroatoms. The van der Waals surface area contributed by atoms with E-state index >= 15 is 0 Å². The summed E-state index contributed by atoms with van der Waals surface area (Å²) in [4.78, 5) is 0. The first-order chi connectivity index (χ1) is 12.7. The third-order valence-electron chi connectivity index (χ3n) is 4.22. The summed E-state index contributed by atoms with van der Waals surface area (Å²) < 4.78 is 7.72. The van der Waals surface area contributed by atoms with Crippen LogP contribution in [0.1, 0.15) is 28.1 Å². The van der Waals surface area contributed by atoms with E-state index in [1.54, 1.807) is 0 Å². The highest BCUT2D eigenvalue weighted by molar-refractivity contribution is 5.38. The van der Waals surface area contributed by atoms with Crippen molar-refractivity contribution in [1.82, 2.24) is 9.78 Å². The predicted molar refractivity (Wildman–Crippen MR) is 98.8 cm³/mol. The van der Waals surface area contributed by atoms with Gasteiger partial charge in [-0.3, -0.25) is 4.68 Å². The van der Waals surface area contributed by atoms with Crippen molar-refractivity contribution < 1.29 is 9.84 Å². The second-order valence-corrected chi connectivity index (χ2v) is 6.07. The van der Waals surface area contributed by atoms with Gasteiger partial charge >= 0.3 is 0 Å². The molecule has 0 aliphatic rings. The Balaban J connectivity index is 1.78. The number of aliphatic hydroxyl groups is 1. The van der Waals surface area contributed by atoms with E-state index in [0.29, 0.717) is 24.2 Å². The van der Waals surface area contributed by atoms with Gasteiger partial charge in [0.25, 0.3) is 0 Å². The highest BCUT2D eigenvalue weighted by Crippen LogP contribution is 2.19. The number of hydrogen-bond acceptors (Lipinski definition) is 4. The van der Waals surface area contributed by atoms with Crippen molar-refractivity contribution in [1.29, 1.82) is 5.26 Å². The molecule has 2 aromatic carbocycles. The van der Waals surface area contributed by atoms with E-state index in [9.17, 15) is 5.26 Å². The molecule has 0 fully saturated rings. The molecule has 0 saturated carbocycles. The Morgan fingerprint density at radius 2 is 1.81 bits per heavy atom. The lowest BCUT2D eigenvalue weighted by Crippen LogP contribution is -2.10. The van der Waals surface area contributed by atoms with Crippen molar-refractivity contribution >= 4 is 0 Å². The van der Waals surface area contributed by atoms with Crippen LogP contribution >= 0.6 is 0 Å². The van der Waals surface area contributed by atoms with Crippen LogP contribution in [0.4, 0.5) is 0 Å². The summed E-state index contributed by atoms with van der Waals surface area (Å²) in [6.07, 6.45) is 0.627. The number of nitriles is 1. The van der Waals surface area contributed by atoms with Crippen LogP contribution in [-0.4, -0.2) is 21.5 Å². The number of benzene rings is 2. The first-order valence-electron chi connectivity index (χ1n) is 8.54. The molecule has 0 aliphatic heterocycles. The van der Waals surface area contributed by atoms with Crippen LogP contribution in [-0.2, 0) is 19.6 Å². The van der Waals surface area contributed by atoms with Crippen LogP contribution in [0, 0.1) is 18.3 Å². The van der Waals surface area contributed by atoms with Crippen molar-refractivity contribution in [2.24, 2.45) is 0 Å². The number of ether oxygens (including phenoxy) is 1. The number of rotatable bonds is 7. The van der Waals surface area contributed by atoms with E-state index in [4.69, 9.17) is 9.84 Å². The molecule has 0 saturated heterocycles. The zero-order valence-corrected chi connectivity index (χ0v) is 14.7. The molecule has 132 valence electrons. The third kappa shape index (κ3) is 4.11. The lowest BCUT2D eigenvalue weighted by molar-refractivity contribution is 0.291. The Bertz CT molecular complexity index is 894. The highest BCUT2D eigenvalue weighted by atomic mass is 16.5. The van der Waals surface area contributed by atoms with Gasteiger partial charge in [-0.25, -0.2) is 0 Å². The monoisotopic (exact) mass is 347 g/mol. The molecule has 0 radical (unpaired) electrons. The Morgan fingerprint density at radius 1 is 1.08 bits per heavy atom. The minimum absolute atomic E-state index is 0.129. The van der Waals surface area contributed by atoms with Crippen LogP contribution in [0.2, 0.25) is 0 Å². The molecule has 1 aromatic heterocycles. The number of aromatic nitrogens is 2. The zero-order chi connectivity index (χ0) is 18.4. The van der Waals surface area contributed by atoms with Crippen molar-refractivity contribution in [3.8, 4) is 11.8 Å². The van der Waals surface area contributed by atoms with Crippen LogP contribution in [0.5, 0.6) is 5.75 Å². The molecule has 0 aliphatic carbocycles. The van der Waals surface area contributed by atoms with Crippen molar-refractivity contribution in [2.75, 3.05) is 6.61 Å². The average molecular weight is 347 g/mol. The second-order valence-electron chi connectivity index (χ2n) is 6.07. The Labute approximate surface area is 153 Å². The van der Waals surface area contributed by atoms with Crippen LogP contribution in [0.25, 0.3) is 0 Å². The minimum atomic E-state index is 0.129. The Hall–Kier alpha value is -3.10. The van der Waals surface area contributed by atoms with Gasteiger partial charge in [0.05, 0.1) is 23.5 Å². The molecule has 0 unspecified atom stereocenters. The summed E-state index contributed by atoms with van der Waals surface area (Å²) in [6.45, 7) is 2.84. The third-order valence-corrected chi connectivity index (χ3v) is 4.22. The van der Waals surface area contributed by atoms with Crippen LogP contribution < -0.4 is 4.74 Å². The average Bonchev–Trinajstić information content (AvgIpc) is 2.96. The van der Waals surface area contributed by atoms with Gasteiger partial charge in [0, 0.05) is 6.61 Å². The fourth-order valence-electron chi connectivity index (χ4n) is 2.84. The highest BCUT2D eigenvalue weighted by Gasteiger charge is 2.16. The molecule has 3 rings (SSSR count). The summed E-state index contributed by atoms with van der Waals surface area (Å²) in [5, 5.41) is 23.0. The number of nitrogens with zero attached hydrogens (tertiary/aromatic N) is 3. The SMILES string of the molecule is Cc1nn(Cc2ccccc2)c(COc2ccc(CCO)cc2)c1C#N. The summed E-state index contributed by atoms with van der Waals surface area (Å²) in [5.41, 5.74) is 4.23. The summed E-state index contributed by atoms with van der Waals surface area (Å²) in [7, 11) is 0. The smallest absolute Gasteiger partial charge is 0.131 e. The molecule has 26 heavy (non-hydrogen) atoms. The minimum Gasteiger partial charge on any atom is -0.487 e. The first kappa shape index (κ1) is 17.7. The van der Waals surface area contributed by atoms with Gasteiger partial charge in [-0.1, -0.05) is 42.5 Å². The number of aliphatic hydroxyl groups excluding tert-OH is 1. The van der Waals surface area contributed by atoms with E-state index in [-0.39, 0.29) is 13.2 Å². The molecule has 0 atom stereocenters. The molecule has 0 spiro atoms. The Kier molecular flexibility index (Phi) is 5.67. The van der Waals surface area contributed by atoms with E-state index in [1.165, 1.54) is 0 Å². The van der Waals surface area contributed by atoms with E-state index in [2.05, 4.69) is 11.2 Å². The number of hydrogen-bond donors (Lipinski definition) is 1. The van der Waals surface area contributed by atoms with Crippen molar-refractivity contribution in [3.05, 3.63) is 82.7 Å². The molecule has 0 amide bonds. The van der Waals surface area contributed by atoms with Crippen LogP contribution in [0.15, 0.2) is 54.6 Å². The van der Waals surface area contributed by atoms with Gasteiger partial charge in [-0.15, -0.1) is 0 Å². The normalized spacial score (nSPS) is 10.5. The summed E-state index contributed by atoms with van der Waals surface area (Å²) in [5.74, 6) is 0.723. The van der Waals surface area contributed by atoms with Gasteiger partial charge in [0.15, 0.2) is 0 Å². The molecule has 1 N–H and O–H groups in total. The zero-order valence-electron chi connectivity index (χ0n) is 14.7. The fourth-order valence-corrected chi connectivity index (χ4v) is 2.84.